The van der Waals surface area contributed by atoms with Gasteiger partial charge in [-0.2, -0.15) is 4.98 Å². The van der Waals surface area contributed by atoms with E-state index < -0.39 is 0 Å². The zero-order valence-electron chi connectivity index (χ0n) is 11.7. The third-order valence-corrected chi connectivity index (χ3v) is 4.65. The second-order valence-electron chi connectivity index (χ2n) is 4.88. The molecule has 2 aromatic heterocycles. The average Bonchev–Trinajstić information content (AvgIpc) is 2.93. The summed E-state index contributed by atoms with van der Waals surface area (Å²) in [4.78, 5) is 11.7. The van der Waals surface area contributed by atoms with Crippen LogP contribution in [-0.2, 0) is 0 Å². The second-order valence-corrected chi connectivity index (χ2v) is 6.21. The monoisotopic (exact) mass is 318 g/mol. The van der Waals surface area contributed by atoms with Crippen molar-refractivity contribution >= 4 is 44.9 Å². The lowest BCUT2D eigenvalue weighted by molar-refractivity contribution is 0.732. The van der Waals surface area contributed by atoms with Gasteiger partial charge < -0.3 is 10.6 Å². The molecule has 21 heavy (non-hydrogen) atoms. The molecule has 3 aromatic rings. The van der Waals surface area contributed by atoms with Gasteiger partial charge in [0, 0.05) is 12.1 Å². The number of halogens is 1. The van der Waals surface area contributed by atoms with Crippen LogP contribution in [0.25, 0.3) is 10.2 Å². The minimum absolute atomic E-state index is 0.152. The first-order chi connectivity index (χ1) is 10.1. The van der Waals surface area contributed by atoms with Gasteiger partial charge >= 0.3 is 0 Å². The van der Waals surface area contributed by atoms with E-state index in [1.54, 1.807) is 11.3 Å². The van der Waals surface area contributed by atoms with Crippen LogP contribution in [0.15, 0.2) is 35.7 Å². The molecule has 6 heteroatoms. The number of benzene rings is 1. The number of hydrogen-bond donors (Lipinski definition) is 1. The van der Waals surface area contributed by atoms with Crippen LogP contribution in [0.2, 0.25) is 5.02 Å². The lowest BCUT2D eigenvalue weighted by Crippen LogP contribution is -2.23. The molecule has 1 aromatic carbocycles. The fraction of sp³-hybridized carbons (Fsp3) is 0.200. The quantitative estimate of drug-likeness (QED) is 0.789. The van der Waals surface area contributed by atoms with Crippen LogP contribution in [0.4, 0.5) is 11.8 Å². The summed E-state index contributed by atoms with van der Waals surface area (Å²) in [5, 5.41) is 3.76. The predicted octanol–water partition coefficient (Wildman–Crippen LogP) is 4.12. The van der Waals surface area contributed by atoms with E-state index in [9.17, 15) is 0 Å². The Bertz CT molecular complexity index is 769. The van der Waals surface area contributed by atoms with Crippen LogP contribution < -0.4 is 10.6 Å². The summed E-state index contributed by atoms with van der Waals surface area (Å²) < 4.78 is 0. The Morgan fingerprint density at radius 1 is 1.19 bits per heavy atom. The van der Waals surface area contributed by atoms with Crippen LogP contribution in [0, 0.1) is 0 Å². The number of nitrogens with zero attached hydrogens (tertiary/aromatic N) is 3. The van der Waals surface area contributed by atoms with Crippen molar-refractivity contribution in [2.45, 2.75) is 13.0 Å². The van der Waals surface area contributed by atoms with Gasteiger partial charge in [0.15, 0.2) is 0 Å². The zero-order valence-corrected chi connectivity index (χ0v) is 13.3. The Hall–Kier alpha value is -1.85. The van der Waals surface area contributed by atoms with E-state index in [2.05, 4.69) is 21.8 Å². The summed E-state index contributed by atoms with van der Waals surface area (Å²) in [7, 11) is 2.01. The zero-order chi connectivity index (χ0) is 15.0. The Kier molecular flexibility index (Phi) is 3.69. The smallest absolute Gasteiger partial charge is 0.223 e. The SMILES string of the molecule is CC(c1ccc(Cl)cc1)N(C)c1nc(N)nc2sccc12. The van der Waals surface area contributed by atoms with E-state index in [0.29, 0.717) is 5.95 Å². The molecule has 0 bridgehead atoms. The second kappa shape index (κ2) is 5.50. The van der Waals surface area contributed by atoms with Crippen molar-refractivity contribution in [2.24, 2.45) is 0 Å². The van der Waals surface area contributed by atoms with Crippen molar-refractivity contribution < 1.29 is 0 Å². The summed E-state index contributed by atoms with van der Waals surface area (Å²) >= 11 is 7.52. The number of fused-ring (bicyclic) bond motifs is 1. The number of aromatic nitrogens is 2. The van der Waals surface area contributed by atoms with Gasteiger partial charge in [-0.15, -0.1) is 11.3 Å². The Morgan fingerprint density at radius 3 is 2.62 bits per heavy atom. The van der Waals surface area contributed by atoms with Crippen molar-refractivity contribution in [3.05, 3.63) is 46.3 Å². The molecule has 108 valence electrons. The third kappa shape index (κ3) is 2.66. The number of nitrogen functional groups attached to an aromatic ring is 1. The van der Waals surface area contributed by atoms with Gasteiger partial charge in [0.2, 0.25) is 5.95 Å². The van der Waals surface area contributed by atoms with E-state index in [4.69, 9.17) is 17.3 Å². The minimum atomic E-state index is 0.152. The van der Waals surface area contributed by atoms with Gasteiger partial charge in [-0.1, -0.05) is 23.7 Å². The number of rotatable bonds is 3. The molecule has 0 aliphatic heterocycles. The lowest BCUT2D eigenvalue weighted by atomic mass is 10.1. The summed E-state index contributed by atoms with van der Waals surface area (Å²) in [6.07, 6.45) is 0. The van der Waals surface area contributed by atoms with E-state index >= 15 is 0 Å². The molecule has 0 spiro atoms. The average molecular weight is 319 g/mol. The van der Waals surface area contributed by atoms with Crippen molar-refractivity contribution in [1.29, 1.82) is 0 Å². The molecule has 4 nitrogen and oxygen atoms in total. The number of hydrogen-bond acceptors (Lipinski definition) is 5. The summed E-state index contributed by atoms with van der Waals surface area (Å²) in [6, 6.07) is 10.0. The highest BCUT2D eigenvalue weighted by Crippen LogP contribution is 2.32. The molecule has 0 amide bonds. The highest BCUT2D eigenvalue weighted by Gasteiger charge is 2.17. The largest absolute Gasteiger partial charge is 0.368 e. The van der Waals surface area contributed by atoms with Crippen LogP contribution in [0.1, 0.15) is 18.5 Å². The normalized spacial score (nSPS) is 12.5. The number of nitrogens with two attached hydrogens (primary N) is 1. The van der Waals surface area contributed by atoms with Crippen LogP contribution in [0.3, 0.4) is 0 Å². The first-order valence-corrected chi connectivity index (χ1v) is 7.81. The van der Waals surface area contributed by atoms with Gasteiger partial charge in [0.25, 0.3) is 0 Å². The molecule has 0 fully saturated rings. The van der Waals surface area contributed by atoms with Crippen molar-refractivity contribution in [1.82, 2.24) is 9.97 Å². The standard InChI is InChI=1S/C15H15ClN4S/c1-9(10-3-5-11(16)6-4-10)20(2)13-12-7-8-21-14(12)19-15(17)18-13/h3-9H,1-2H3,(H2,17,18,19). The van der Waals surface area contributed by atoms with Gasteiger partial charge in [-0.05, 0) is 36.1 Å². The summed E-state index contributed by atoms with van der Waals surface area (Å²) in [6.45, 7) is 2.12. The molecule has 1 atom stereocenters. The van der Waals surface area contributed by atoms with Crippen LogP contribution in [0.5, 0.6) is 0 Å². The van der Waals surface area contributed by atoms with Gasteiger partial charge in [-0.3, -0.25) is 0 Å². The molecule has 2 N–H and O–H groups in total. The van der Waals surface area contributed by atoms with E-state index in [0.717, 1.165) is 21.1 Å². The molecule has 0 aliphatic rings. The fourth-order valence-corrected chi connectivity index (χ4v) is 3.16. The van der Waals surface area contributed by atoms with Crippen LogP contribution >= 0.6 is 22.9 Å². The fourth-order valence-electron chi connectivity index (χ4n) is 2.27. The number of thiophene rings is 1. The van der Waals surface area contributed by atoms with E-state index in [-0.39, 0.29) is 6.04 Å². The molecular weight excluding hydrogens is 304 g/mol. The maximum absolute atomic E-state index is 5.95. The third-order valence-electron chi connectivity index (χ3n) is 3.59. The topological polar surface area (TPSA) is 55.0 Å². The van der Waals surface area contributed by atoms with Crippen molar-refractivity contribution in [3.63, 3.8) is 0 Å². The van der Waals surface area contributed by atoms with Crippen molar-refractivity contribution in [3.8, 4) is 0 Å². The molecule has 3 rings (SSSR count). The molecule has 2 heterocycles. The van der Waals surface area contributed by atoms with Gasteiger partial charge in [0.05, 0.1) is 11.4 Å². The predicted molar refractivity (Wildman–Crippen MR) is 90.1 cm³/mol. The minimum Gasteiger partial charge on any atom is -0.368 e. The Morgan fingerprint density at radius 2 is 1.90 bits per heavy atom. The molecule has 0 radical (unpaired) electrons. The molecule has 0 saturated carbocycles. The summed E-state index contributed by atoms with van der Waals surface area (Å²) in [5.74, 6) is 1.15. The van der Waals surface area contributed by atoms with E-state index in [1.165, 1.54) is 5.56 Å². The Labute approximate surface area is 132 Å². The van der Waals surface area contributed by atoms with Crippen molar-refractivity contribution in [2.75, 3.05) is 17.7 Å². The molecule has 0 aliphatic carbocycles. The Balaban J connectivity index is 2.01. The molecule has 0 saturated heterocycles. The summed E-state index contributed by atoms with van der Waals surface area (Å²) in [5.41, 5.74) is 6.99. The van der Waals surface area contributed by atoms with E-state index in [1.807, 2.05) is 42.8 Å². The highest BCUT2D eigenvalue weighted by molar-refractivity contribution is 7.16. The molecular formula is C15H15ClN4S. The van der Waals surface area contributed by atoms with Gasteiger partial charge in [-0.25, -0.2) is 4.98 Å². The first kappa shape index (κ1) is 14.1. The van der Waals surface area contributed by atoms with Crippen LogP contribution in [-0.4, -0.2) is 17.0 Å². The highest BCUT2D eigenvalue weighted by atomic mass is 35.5. The van der Waals surface area contributed by atoms with Gasteiger partial charge in [0.1, 0.15) is 10.6 Å². The molecule has 1 unspecified atom stereocenters. The maximum Gasteiger partial charge on any atom is 0.223 e. The lowest BCUT2D eigenvalue weighted by Gasteiger charge is -2.27. The maximum atomic E-state index is 5.95. The first-order valence-electron chi connectivity index (χ1n) is 6.55. The number of anilines is 2.